The maximum atomic E-state index is 12.3. The van der Waals surface area contributed by atoms with E-state index in [1.54, 1.807) is 24.3 Å². The van der Waals surface area contributed by atoms with Crippen molar-refractivity contribution in [2.45, 2.75) is 13.8 Å². The Balaban J connectivity index is 1.87. The lowest BCUT2D eigenvalue weighted by molar-refractivity contribution is 0.0735. The van der Waals surface area contributed by atoms with E-state index in [0.29, 0.717) is 28.5 Å². The minimum absolute atomic E-state index is 0.274. The number of ether oxygens (including phenoxy) is 2. The predicted octanol–water partition coefficient (Wildman–Crippen LogP) is 4.37. The molecule has 0 aliphatic carbocycles. The lowest BCUT2D eigenvalue weighted by Crippen LogP contribution is -2.09. The molecule has 0 aliphatic rings. The first kappa shape index (κ1) is 17.0. The Morgan fingerprint density at radius 1 is 1.16 bits per heavy atom. The van der Waals surface area contributed by atoms with Crippen LogP contribution in [-0.4, -0.2) is 12.6 Å². The SMILES string of the molecule is CCOc1ccc(C(=O)Oc2ccc3c(C)cc(=O)oc3c2)cc1Cl. The van der Waals surface area contributed by atoms with Crippen LogP contribution in [-0.2, 0) is 0 Å². The number of fused-ring (bicyclic) bond motifs is 1. The molecule has 25 heavy (non-hydrogen) atoms. The molecule has 0 atom stereocenters. The summed E-state index contributed by atoms with van der Waals surface area (Å²) in [5.41, 5.74) is 0.994. The van der Waals surface area contributed by atoms with Gasteiger partial charge in [0.15, 0.2) is 0 Å². The summed E-state index contributed by atoms with van der Waals surface area (Å²) in [6.45, 7) is 4.14. The fourth-order valence-electron chi connectivity index (χ4n) is 2.44. The number of carbonyl (C=O) groups is 1. The molecule has 0 bridgehead atoms. The zero-order valence-electron chi connectivity index (χ0n) is 13.7. The zero-order chi connectivity index (χ0) is 18.0. The molecule has 3 aromatic rings. The highest BCUT2D eigenvalue weighted by molar-refractivity contribution is 6.32. The summed E-state index contributed by atoms with van der Waals surface area (Å²) < 4.78 is 15.8. The van der Waals surface area contributed by atoms with Gasteiger partial charge in [-0.1, -0.05) is 11.6 Å². The number of benzene rings is 2. The van der Waals surface area contributed by atoms with Crippen molar-refractivity contribution in [3.63, 3.8) is 0 Å². The number of aryl methyl sites for hydroxylation is 1. The Morgan fingerprint density at radius 2 is 1.96 bits per heavy atom. The number of hydrogen-bond donors (Lipinski definition) is 0. The third-order valence-corrected chi connectivity index (χ3v) is 3.90. The van der Waals surface area contributed by atoms with E-state index >= 15 is 0 Å². The summed E-state index contributed by atoms with van der Waals surface area (Å²) in [7, 11) is 0. The normalized spacial score (nSPS) is 10.7. The van der Waals surface area contributed by atoms with Crippen LogP contribution >= 0.6 is 11.6 Å². The number of rotatable bonds is 4. The average Bonchev–Trinajstić information content (AvgIpc) is 2.56. The molecule has 0 N–H and O–H groups in total. The minimum atomic E-state index is -0.570. The molecule has 2 aromatic carbocycles. The first-order valence-corrected chi connectivity index (χ1v) is 8.05. The van der Waals surface area contributed by atoms with Gasteiger partial charge >= 0.3 is 11.6 Å². The molecular weight excluding hydrogens is 344 g/mol. The molecule has 0 saturated carbocycles. The van der Waals surface area contributed by atoms with Crippen LogP contribution < -0.4 is 15.1 Å². The molecule has 6 heteroatoms. The summed E-state index contributed by atoms with van der Waals surface area (Å²) in [5, 5.41) is 1.11. The van der Waals surface area contributed by atoms with Crippen LogP contribution in [0.15, 0.2) is 51.7 Å². The van der Waals surface area contributed by atoms with Crippen LogP contribution in [0.1, 0.15) is 22.8 Å². The summed E-state index contributed by atoms with van der Waals surface area (Å²) in [6, 6.07) is 11.0. The number of carbonyl (C=O) groups excluding carboxylic acids is 1. The molecule has 0 saturated heterocycles. The highest BCUT2D eigenvalue weighted by Crippen LogP contribution is 2.27. The van der Waals surface area contributed by atoms with Gasteiger partial charge in [0.25, 0.3) is 0 Å². The number of hydrogen-bond acceptors (Lipinski definition) is 5. The smallest absolute Gasteiger partial charge is 0.343 e. The minimum Gasteiger partial charge on any atom is -0.492 e. The zero-order valence-corrected chi connectivity index (χ0v) is 14.4. The van der Waals surface area contributed by atoms with E-state index in [2.05, 4.69) is 0 Å². The molecule has 0 unspecified atom stereocenters. The van der Waals surface area contributed by atoms with Crippen molar-refractivity contribution in [3.8, 4) is 11.5 Å². The maximum Gasteiger partial charge on any atom is 0.343 e. The van der Waals surface area contributed by atoms with Crippen LogP contribution in [0.3, 0.4) is 0 Å². The second-order valence-electron chi connectivity index (χ2n) is 5.37. The van der Waals surface area contributed by atoms with E-state index in [0.717, 1.165) is 10.9 Å². The van der Waals surface area contributed by atoms with Gasteiger partial charge in [-0.3, -0.25) is 0 Å². The molecule has 128 valence electrons. The van der Waals surface area contributed by atoms with E-state index in [1.807, 2.05) is 13.8 Å². The van der Waals surface area contributed by atoms with Crippen LogP contribution in [0.5, 0.6) is 11.5 Å². The third kappa shape index (κ3) is 3.67. The standard InChI is InChI=1S/C19H15ClO5/c1-3-23-16-7-4-12(9-15(16)20)19(22)24-13-5-6-14-11(2)8-18(21)25-17(14)10-13/h4-10H,3H2,1-2H3. The molecule has 0 fully saturated rings. The lowest BCUT2D eigenvalue weighted by atomic mass is 10.1. The molecule has 0 amide bonds. The van der Waals surface area contributed by atoms with Crippen molar-refractivity contribution >= 4 is 28.5 Å². The predicted molar refractivity (Wildman–Crippen MR) is 94.8 cm³/mol. The molecule has 3 rings (SSSR count). The summed E-state index contributed by atoms with van der Waals surface area (Å²) in [4.78, 5) is 23.8. The van der Waals surface area contributed by atoms with Crippen molar-refractivity contribution < 1.29 is 18.7 Å². The van der Waals surface area contributed by atoms with Crippen molar-refractivity contribution in [1.82, 2.24) is 0 Å². The second-order valence-corrected chi connectivity index (χ2v) is 5.78. The quantitative estimate of drug-likeness (QED) is 0.393. The Kier molecular flexibility index (Phi) is 4.76. The first-order chi connectivity index (χ1) is 12.0. The van der Waals surface area contributed by atoms with Gasteiger partial charge in [0.1, 0.15) is 17.1 Å². The molecule has 0 spiro atoms. The Labute approximate surface area is 148 Å². The van der Waals surface area contributed by atoms with E-state index in [9.17, 15) is 9.59 Å². The van der Waals surface area contributed by atoms with Gasteiger partial charge in [-0.25, -0.2) is 9.59 Å². The number of halogens is 1. The van der Waals surface area contributed by atoms with Crippen LogP contribution in [0.2, 0.25) is 5.02 Å². The van der Waals surface area contributed by atoms with Crippen LogP contribution in [0.4, 0.5) is 0 Å². The highest BCUT2D eigenvalue weighted by atomic mass is 35.5. The first-order valence-electron chi connectivity index (χ1n) is 7.67. The van der Waals surface area contributed by atoms with Gasteiger partial charge in [-0.2, -0.15) is 0 Å². The van der Waals surface area contributed by atoms with E-state index in [4.69, 9.17) is 25.5 Å². The molecule has 1 heterocycles. The van der Waals surface area contributed by atoms with Crippen LogP contribution in [0, 0.1) is 6.92 Å². The Bertz CT molecular complexity index is 1010. The van der Waals surface area contributed by atoms with Crippen molar-refractivity contribution in [3.05, 3.63) is 69.0 Å². The van der Waals surface area contributed by atoms with E-state index in [1.165, 1.54) is 18.2 Å². The Morgan fingerprint density at radius 3 is 2.68 bits per heavy atom. The van der Waals surface area contributed by atoms with Crippen LogP contribution in [0.25, 0.3) is 11.0 Å². The monoisotopic (exact) mass is 358 g/mol. The molecule has 0 aliphatic heterocycles. The largest absolute Gasteiger partial charge is 0.492 e. The molecule has 1 aromatic heterocycles. The van der Waals surface area contributed by atoms with Gasteiger partial charge in [0, 0.05) is 17.5 Å². The average molecular weight is 359 g/mol. The summed E-state index contributed by atoms with van der Waals surface area (Å²) >= 11 is 6.09. The molecular formula is C19H15ClO5. The van der Waals surface area contributed by atoms with Crippen molar-refractivity contribution in [2.24, 2.45) is 0 Å². The lowest BCUT2D eigenvalue weighted by Gasteiger charge is -2.08. The van der Waals surface area contributed by atoms with E-state index in [-0.39, 0.29) is 5.75 Å². The fourth-order valence-corrected chi connectivity index (χ4v) is 2.67. The number of esters is 1. The van der Waals surface area contributed by atoms with Crippen molar-refractivity contribution in [1.29, 1.82) is 0 Å². The van der Waals surface area contributed by atoms with Crippen molar-refractivity contribution in [2.75, 3.05) is 6.61 Å². The summed E-state index contributed by atoms with van der Waals surface area (Å²) in [6.07, 6.45) is 0. The Hall–Kier alpha value is -2.79. The maximum absolute atomic E-state index is 12.3. The third-order valence-electron chi connectivity index (χ3n) is 3.60. The van der Waals surface area contributed by atoms with Gasteiger partial charge < -0.3 is 13.9 Å². The highest BCUT2D eigenvalue weighted by Gasteiger charge is 2.13. The van der Waals surface area contributed by atoms with Gasteiger partial charge in [0.2, 0.25) is 0 Å². The molecule has 5 nitrogen and oxygen atoms in total. The fraction of sp³-hybridized carbons (Fsp3) is 0.158. The summed E-state index contributed by atoms with van der Waals surface area (Å²) in [5.74, 6) is 0.208. The second kappa shape index (κ2) is 6.99. The molecule has 0 radical (unpaired) electrons. The van der Waals surface area contributed by atoms with E-state index < -0.39 is 11.6 Å². The topological polar surface area (TPSA) is 65.7 Å². The van der Waals surface area contributed by atoms with Gasteiger partial charge in [0.05, 0.1) is 17.2 Å². The van der Waals surface area contributed by atoms with Gasteiger partial charge in [-0.15, -0.1) is 0 Å². The van der Waals surface area contributed by atoms with Gasteiger partial charge in [-0.05, 0) is 49.7 Å².